The highest BCUT2D eigenvalue weighted by Gasteiger charge is 2.30. The normalized spacial score (nSPS) is 23.3. The number of hydrogen-bond donors (Lipinski definition) is 1. The van der Waals surface area contributed by atoms with Gasteiger partial charge >= 0.3 is 5.91 Å². The minimum absolute atomic E-state index is 0.119. The minimum atomic E-state index is -0.579. The zero-order chi connectivity index (χ0) is 9.42. The fourth-order valence-corrected chi connectivity index (χ4v) is 1.23. The molecular weight excluding hydrogens is 194 g/mol. The van der Waals surface area contributed by atoms with Crippen molar-refractivity contribution < 1.29 is 10.0 Å². The summed E-state index contributed by atoms with van der Waals surface area (Å²) in [7, 11) is 0. The molecule has 0 aromatic heterocycles. The summed E-state index contributed by atoms with van der Waals surface area (Å²) < 4.78 is 0. The Morgan fingerprint density at radius 2 is 2.38 bits per heavy atom. The lowest BCUT2D eigenvalue weighted by atomic mass is 10.3. The molecule has 2 aliphatic heterocycles. The van der Waals surface area contributed by atoms with Gasteiger partial charge in [-0.1, -0.05) is 16.8 Å². The average molecular weight is 198 g/mol. The van der Waals surface area contributed by atoms with Gasteiger partial charge in [0.25, 0.3) is 0 Å². The van der Waals surface area contributed by atoms with Gasteiger partial charge in [0.15, 0.2) is 0 Å². The first kappa shape index (κ1) is 8.00. The second kappa shape index (κ2) is 2.70. The van der Waals surface area contributed by atoms with Gasteiger partial charge in [-0.15, -0.1) is 0 Å². The molecule has 6 heteroatoms. The average Bonchev–Trinajstić information content (AvgIpc) is 2.39. The van der Waals surface area contributed by atoms with Crippen LogP contribution in [0, 0.1) is 0 Å². The third kappa shape index (κ3) is 1.13. The lowest BCUT2D eigenvalue weighted by Crippen LogP contribution is -2.29. The van der Waals surface area contributed by atoms with Gasteiger partial charge in [-0.2, -0.15) is 4.99 Å². The quantitative estimate of drug-likeness (QED) is 0.458. The second-order valence-electron chi connectivity index (χ2n) is 2.41. The van der Waals surface area contributed by atoms with E-state index in [9.17, 15) is 4.79 Å². The minimum Gasteiger partial charge on any atom is -0.409 e. The molecule has 0 aromatic rings. The lowest BCUT2D eigenvalue weighted by molar-refractivity contribution is -0.111. The van der Waals surface area contributed by atoms with E-state index < -0.39 is 5.91 Å². The Morgan fingerprint density at radius 3 is 3.08 bits per heavy atom. The molecule has 13 heavy (non-hydrogen) atoms. The number of nitrogens with zero attached hydrogens (tertiary/aromatic N) is 3. The highest BCUT2D eigenvalue weighted by atomic mass is 35.5. The molecule has 5 nitrogen and oxygen atoms in total. The van der Waals surface area contributed by atoms with Crippen LogP contribution in [-0.4, -0.2) is 27.7 Å². The van der Waals surface area contributed by atoms with Crippen molar-refractivity contribution in [3.63, 3.8) is 0 Å². The molecule has 0 radical (unpaired) electrons. The Kier molecular flexibility index (Phi) is 1.66. The maximum Gasteiger partial charge on any atom is 0.318 e. The Bertz CT molecular complexity index is 395. The Balaban J connectivity index is 2.46. The molecule has 0 aromatic carbocycles. The van der Waals surface area contributed by atoms with Crippen molar-refractivity contribution in [2.24, 2.45) is 10.1 Å². The van der Waals surface area contributed by atoms with Gasteiger partial charge in [0.05, 0.1) is 0 Å². The third-order valence-corrected chi connectivity index (χ3v) is 1.86. The molecule has 66 valence electrons. The highest BCUT2D eigenvalue weighted by Crippen LogP contribution is 2.17. The smallest absolute Gasteiger partial charge is 0.318 e. The van der Waals surface area contributed by atoms with Gasteiger partial charge in [0.2, 0.25) is 5.84 Å². The molecular formula is C7H4ClN3O2. The molecule has 0 bridgehead atoms. The summed E-state index contributed by atoms with van der Waals surface area (Å²) in [4.78, 5) is 16.0. The summed E-state index contributed by atoms with van der Waals surface area (Å²) in [5.74, 6) is -0.332. The van der Waals surface area contributed by atoms with Crippen LogP contribution < -0.4 is 0 Å². The first-order valence-electron chi connectivity index (χ1n) is 3.42. The topological polar surface area (TPSA) is 65.3 Å². The fraction of sp³-hybridized carbons (Fsp3) is 0. The predicted octanol–water partition coefficient (Wildman–Crippen LogP) is 0.665. The van der Waals surface area contributed by atoms with Crippen LogP contribution in [0.3, 0.4) is 0 Å². The number of allylic oxidation sites excluding steroid dienone is 2. The van der Waals surface area contributed by atoms with Crippen molar-refractivity contribution in [1.82, 2.24) is 4.90 Å². The summed E-state index contributed by atoms with van der Waals surface area (Å²) in [5, 5.41) is 11.8. The van der Waals surface area contributed by atoms with Crippen molar-refractivity contribution in [1.29, 1.82) is 0 Å². The SMILES string of the molecule is O=C1N=C2C=C(Cl)C=CN2/C1=N/O. The Labute approximate surface area is 78.3 Å². The summed E-state index contributed by atoms with van der Waals surface area (Å²) in [6.45, 7) is 0. The molecule has 0 atom stereocenters. The van der Waals surface area contributed by atoms with E-state index in [2.05, 4.69) is 10.1 Å². The molecule has 0 aliphatic carbocycles. The molecule has 1 amide bonds. The third-order valence-electron chi connectivity index (χ3n) is 1.63. The number of fused-ring (bicyclic) bond motifs is 1. The molecule has 2 heterocycles. The maximum atomic E-state index is 11.1. The number of rotatable bonds is 0. The fourth-order valence-electron chi connectivity index (χ4n) is 1.08. The molecule has 2 rings (SSSR count). The van der Waals surface area contributed by atoms with Gasteiger partial charge < -0.3 is 5.21 Å². The predicted molar refractivity (Wildman–Crippen MR) is 46.6 cm³/mol. The van der Waals surface area contributed by atoms with Gasteiger partial charge in [-0.3, -0.25) is 9.69 Å². The molecule has 2 aliphatic rings. The van der Waals surface area contributed by atoms with E-state index in [1.165, 1.54) is 17.2 Å². The second-order valence-corrected chi connectivity index (χ2v) is 2.85. The van der Waals surface area contributed by atoms with E-state index in [-0.39, 0.29) is 5.84 Å². The number of carbonyl (C=O) groups excluding carboxylic acids is 1. The van der Waals surface area contributed by atoms with Gasteiger partial charge in [0, 0.05) is 17.3 Å². The van der Waals surface area contributed by atoms with Crippen molar-refractivity contribution in [3.8, 4) is 0 Å². The zero-order valence-electron chi connectivity index (χ0n) is 6.31. The molecule has 1 N–H and O–H groups in total. The van der Waals surface area contributed by atoms with Crippen molar-refractivity contribution >= 4 is 29.2 Å². The lowest BCUT2D eigenvalue weighted by Gasteiger charge is -2.14. The van der Waals surface area contributed by atoms with Crippen LogP contribution in [0.1, 0.15) is 0 Å². The van der Waals surface area contributed by atoms with Crippen LogP contribution in [-0.2, 0) is 4.79 Å². The standard InChI is InChI=1S/C7H4ClN3O2/c8-4-1-2-11-5(3-4)9-7(12)6(11)10-13/h1-3,13H/b10-6+. The summed E-state index contributed by atoms with van der Waals surface area (Å²) >= 11 is 5.67. The number of amidine groups is 2. The molecule has 0 spiro atoms. The van der Waals surface area contributed by atoms with Crippen LogP contribution >= 0.6 is 11.6 Å². The molecule has 0 saturated carbocycles. The Hall–Kier alpha value is -1.62. The number of amides is 1. The van der Waals surface area contributed by atoms with Crippen molar-refractivity contribution in [2.75, 3.05) is 0 Å². The van der Waals surface area contributed by atoms with E-state index in [0.29, 0.717) is 10.9 Å². The van der Waals surface area contributed by atoms with E-state index in [4.69, 9.17) is 16.8 Å². The maximum absolute atomic E-state index is 11.1. The number of halogens is 1. The Morgan fingerprint density at radius 1 is 1.62 bits per heavy atom. The van der Waals surface area contributed by atoms with E-state index in [1.807, 2.05) is 0 Å². The number of carbonyl (C=O) groups is 1. The first-order valence-corrected chi connectivity index (χ1v) is 3.80. The first-order chi connectivity index (χ1) is 6.22. The summed E-state index contributed by atoms with van der Waals surface area (Å²) in [5.41, 5.74) is 0. The van der Waals surface area contributed by atoms with Crippen LogP contribution in [0.15, 0.2) is 33.5 Å². The van der Waals surface area contributed by atoms with Crippen LogP contribution in [0.25, 0.3) is 0 Å². The summed E-state index contributed by atoms with van der Waals surface area (Å²) in [6, 6.07) is 0. The number of aliphatic imine (C=N–C) groups is 1. The van der Waals surface area contributed by atoms with Crippen LogP contribution in [0.2, 0.25) is 0 Å². The van der Waals surface area contributed by atoms with E-state index in [1.54, 1.807) is 6.08 Å². The van der Waals surface area contributed by atoms with Crippen molar-refractivity contribution in [2.45, 2.75) is 0 Å². The van der Waals surface area contributed by atoms with Crippen molar-refractivity contribution in [3.05, 3.63) is 23.4 Å². The molecule has 0 unspecified atom stereocenters. The van der Waals surface area contributed by atoms with E-state index >= 15 is 0 Å². The van der Waals surface area contributed by atoms with Gasteiger partial charge in [0.1, 0.15) is 5.84 Å². The summed E-state index contributed by atoms with van der Waals surface area (Å²) in [6.07, 6.45) is 4.60. The van der Waals surface area contributed by atoms with Crippen LogP contribution in [0.5, 0.6) is 0 Å². The zero-order valence-corrected chi connectivity index (χ0v) is 7.06. The monoisotopic (exact) mass is 197 g/mol. The number of hydrogen-bond acceptors (Lipinski definition) is 3. The number of oxime groups is 1. The van der Waals surface area contributed by atoms with E-state index in [0.717, 1.165) is 0 Å². The largest absolute Gasteiger partial charge is 0.409 e. The van der Waals surface area contributed by atoms with Gasteiger partial charge in [-0.25, -0.2) is 0 Å². The van der Waals surface area contributed by atoms with Crippen LogP contribution in [0.4, 0.5) is 0 Å². The van der Waals surface area contributed by atoms with Gasteiger partial charge in [-0.05, 0) is 6.08 Å². The highest BCUT2D eigenvalue weighted by molar-refractivity contribution is 6.48. The molecule has 0 saturated heterocycles. The molecule has 0 fully saturated rings.